The second kappa shape index (κ2) is 9.25. The molecule has 0 unspecified atom stereocenters. The summed E-state index contributed by atoms with van der Waals surface area (Å²) < 4.78 is 31.3. The molecular weight excluding hydrogens is 340 g/mol. The lowest BCUT2D eigenvalue weighted by Crippen LogP contribution is -2.28. The summed E-state index contributed by atoms with van der Waals surface area (Å²) in [5.74, 6) is -0.438. The molecule has 0 N–H and O–H groups in total. The zero-order chi connectivity index (χ0) is 18.3. The topological polar surface area (TPSA) is 69.7 Å². The zero-order valence-electron chi connectivity index (χ0n) is 14.5. The number of hydrogen-bond donors (Lipinski definition) is 0. The van der Waals surface area contributed by atoms with Crippen LogP contribution in [0.25, 0.3) is 0 Å². The molecule has 0 aliphatic rings. The first-order valence-corrected chi connectivity index (χ1v) is 9.58. The van der Waals surface area contributed by atoms with Crippen LogP contribution < -0.4 is 0 Å². The number of ether oxygens (including phenoxy) is 1. The van der Waals surface area contributed by atoms with E-state index in [9.17, 15) is 13.2 Å². The Bertz CT molecular complexity index is 603. The molecule has 1 aromatic rings. The Balaban J connectivity index is 0.00000232. The van der Waals surface area contributed by atoms with Crippen molar-refractivity contribution in [1.29, 1.82) is 0 Å². The van der Waals surface area contributed by atoms with Crippen molar-refractivity contribution >= 4 is 26.0 Å². The monoisotopic (exact) mass is 364 g/mol. The molecule has 132 valence electrons. The van der Waals surface area contributed by atoms with Gasteiger partial charge >= 0.3 is 15.3 Å². The number of rotatable bonds is 6. The molecule has 1 rings (SSSR count). The number of carbonyl (C=O) groups is 1. The highest BCUT2D eigenvalue weighted by atomic mass is 35.7. The Morgan fingerprint density at radius 2 is 1.61 bits per heavy atom. The van der Waals surface area contributed by atoms with Gasteiger partial charge in [-0.15, -0.1) is 0 Å². The maximum Gasteiger partial charge on any atom is 0.355 e. The molecule has 0 atom stereocenters. The molecule has 7 heteroatoms. The van der Waals surface area contributed by atoms with Gasteiger partial charge in [0.05, 0.1) is 18.8 Å². The lowest BCUT2D eigenvalue weighted by Gasteiger charge is -2.23. The fourth-order valence-electron chi connectivity index (χ4n) is 1.74. The number of esters is 1. The largest absolute Gasteiger partial charge is 0.461 e. The molecule has 0 bridgehead atoms. The van der Waals surface area contributed by atoms with Crippen LogP contribution in [0, 0.1) is 19.3 Å². The number of carbonyl (C=O) groups excluding carboxylic acids is 1. The van der Waals surface area contributed by atoms with Gasteiger partial charge in [-0.25, -0.2) is 4.79 Å². The Labute approximate surface area is 143 Å². The summed E-state index contributed by atoms with van der Waals surface area (Å²) in [7, 11) is 0.952. The van der Waals surface area contributed by atoms with Crippen LogP contribution >= 0.6 is 10.7 Å². The minimum Gasteiger partial charge on any atom is -0.461 e. The minimum atomic E-state index is -4.03. The van der Waals surface area contributed by atoms with Crippen LogP contribution in [0.2, 0.25) is 0 Å². The van der Waals surface area contributed by atoms with Gasteiger partial charge in [0.2, 0.25) is 0 Å². The highest BCUT2D eigenvalue weighted by Gasteiger charge is 2.25. The van der Waals surface area contributed by atoms with Crippen LogP contribution in [-0.2, 0) is 18.3 Å². The number of hydrogen-bond acceptors (Lipinski definition) is 5. The molecule has 23 heavy (non-hydrogen) atoms. The third-order valence-corrected chi connectivity index (χ3v) is 3.54. The van der Waals surface area contributed by atoms with Crippen LogP contribution in [0.3, 0.4) is 0 Å². The number of halogens is 1. The minimum absolute atomic E-state index is 0.0199. The standard InChI is InChI=1S/C14H19ClO5S.C2H6/c1-10-6-5-7-11(2)12(10)13(16)19-8-14(3,4)9-20-21(15,17)18;1-2/h5-7H,8-9H2,1-4H3;1-2H3. The van der Waals surface area contributed by atoms with Crippen molar-refractivity contribution in [3.8, 4) is 0 Å². The molecule has 0 fully saturated rings. The molecule has 0 aromatic heterocycles. The van der Waals surface area contributed by atoms with Gasteiger partial charge in [0.1, 0.15) is 0 Å². The van der Waals surface area contributed by atoms with Gasteiger partial charge in [-0.05, 0) is 25.0 Å². The van der Waals surface area contributed by atoms with Crippen molar-refractivity contribution in [3.63, 3.8) is 0 Å². The molecule has 0 radical (unpaired) electrons. The summed E-state index contributed by atoms with van der Waals surface area (Å²) >= 11 is 0. The van der Waals surface area contributed by atoms with Crippen molar-refractivity contribution in [2.75, 3.05) is 13.2 Å². The molecular formula is C16H25ClO5S. The summed E-state index contributed by atoms with van der Waals surface area (Å²) in [6.45, 7) is 10.9. The van der Waals surface area contributed by atoms with E-state index in [-0.39, 0.29) is 13.2 Å². The molecule has 0 aliphatic carbocycles. The molecule has 0 amide bonds. The lowest BCUT2D eigenvalue weighted by atomic mass is 9.96. The SMILES string of the molecule is CC.Cc1cccc(C)c1C(=O)OCC(C)(C)COS(=O)(=O)Cl. The van der Waals surface area contributed by atoms with E-state index in [0.717, 1.165) is 11.1 Å². The predicted octanol–water partition coefficient (Wildman–Crippen LogP) is 4.01. The average Bonchev–Trinajstić information content (AvgIpc) is 2.45. The Morgan fingerprint density at radius 1 is 1.13 bits per heavy atom. The van der Waals surface area contributed by atoms with Gasteiger partial charge in [-0.1, -0.05) is 45.9 Å². The Morgan fingerprint density at radius 3 is 2.04 bits per heavy atom. The van der Waals surface area contributed by atoms with Crippen molar-refractivity contribution in [2.45, 2.75) is 41.5 Å². The fourth-order valence-corrected chi connectivity index (χ4v) is 2.33. The van der Waals surface area contributed by atoms with E-state index >= 15 is 0 Å². The first-order chi connectivity index (χ1) is 10.5. The van der Waals surface area contributed by atoms with Crippen LogP contribution in [0.15, 0.2) is 18.2 Å². The van der Waals surface area contributed by atoms with Crippen LogP contribution in [-0.4, -0.2) is 27.6 Å². The summed E-state index contributed by atoms with van der Waals surface area (Å²) in [4.78, 5) is 12.1. The second-order valence-electron chi connectivity index (χ2n) is 5.66. The highest BCUT2D eigenvalue weighted by Crippen LogP contribution is 2.20. The predicted molar refractivity (Wildman–Crippen MR) is 92.1 cm³/mol. The van der Waals surface area contributed by atoms with Gasteiger partial charge < -0.3 is 4.74 Å². The van der Waals surface area contributed by atoms with Crippen LogP contribution in [0.1, 0.15) is 49.2 Å². The highest BCUT2D eigenvalue weighted by molar-refractivity contribution is 8.09. The van der Waals surface area contributed by atoms with Crippen molar-refractivity contribution in [2.24, 2.45) is 5.41 Å². The second-order valence-corrected chi connectivity index (χ2v) is 7.82. The Hall–Kier alpha value is -1.11. The average molecular weight is 365 g/mol. The van der Waals surface area contributed by atoms with Gasteiger partial charge in [0, 0.05) is 16.1 Å². The van der Waals surface area contributed by atoms with Gasteiger partial charge in [0.15, 0.2) is 0 Å². The van der Waals surface area contributed by atoms with E-state index in [1.165, 1.54) is 0 Å². The quantitative estimate of drug-likeness (QED) is 0.563. The first-order valence-electron chi connectivity index (χ1n) is 7.34. The molecule has 0 heterocycles. The summed E-state index contributed by atoms with van der Waals surface area (Å²) in [5.41, 5.74) is 1.52. The Kier molecular flexibility index (Phi) is 8.80. The maximum absolute atomic E-state index is 12.1. The molecule has 0 aliphatic heterocycles. The number of benzene rings is 1. The van der Waals surface area contributed by atoms with Crippen molar-refractivity contribution in [3.05, 3.63) is 34.9 Å². The fraction of sp³-hybridized carbons (Fsp3) is 0.562. The summed E-state index contributed by atoms with van der Waals surface area (Å²) in [6, 6.07) is 5.53. The maximum atomic E-state index is 12.1. The normalized spacial score (nSPS) is 11.4. The van der Waals surface area contributed by atoms with Crippen LogP contribution in [0.5, 0.6) is 0 Å². The van der Waals surface area contributed by atoms with E-state index in [2.05, 4.69) is 4.18 Å². The summed E-state index contributed by atoms with van der Waals surface area (Å²) in [6.07, 6.45) is 0. The van der Waals surface area contributed by atoms with Crippen molar-refractivity contribution < 1.29 is 22.1 Å². The molecule has 0 saturated carbocycles. The third kappa shape index (κ3) is 8.34. The molecule has 5 nitrogen and oxygen atoms in total. The third-order valence-electron chi connectivity index (χ3n) is 2.87. The smallest absolute Gasteiger partial charge is 0.355 e. The van der Waals surface area contributed by atoms with Crippen LogP contribution in [0.4, 0.5) is 0 Å². The van der Waals surface area contributed by atoms with E-state index in [0.29, 0.717) is 5.56 Å². The van der Waals surface area contributed by atoms with Gasteiger partial charge in [-0.3, -0.25) is 4.18 Å². The zero-order valence-corrected chi connectivity index (χ0v) is 16.0. The lowest BCUT2D eigenvalue weighted by molar-refractivity contribution is 0.0256. The molecule has 0 spiro atoms. The molecule has 0 saturated heterocycles. The molecule has 1 aromatic carbocycles. The first kappa shape index (κ1) is 21.9. The van der Waals surface area contributed by atoms with E-state index in [4.69, 9.17) is 15.4 Å². The summed E-state index contributed by atoms with van der Waals surface area (Å²) in [5, 5.41) is 0. The number of aryl methyl sites for hydroxylation is 2. The van der Waals surface area contributed by atoms with E-state index in [1.54, 1.807) is 13.8 Å². The van der Waals surface area contributed by atoms with E-state index < -0.39 is 20.7 Å². The van der Waals surface area contributed by atoms with E-state index in [1.807, 2.05) is 45.9 Å². The van der Waals surface area contributed by atoms with Gasteiger partial charge in [-0.2, -0.15) is 8.42 Å². The van der Waals surface area contributed by atoms with Crippen molar-refractivity contribution in [1.82, 2.24) is 0 Å². The van der Waals surface area contributed by atoms with Gasteiger partial charge in [0.25, 0.3) is 0 Å².